The highest BCUT2D eigenvalue weighted by Gasteiger charge is 2.14. The van der Waals surface area contributed by atoms with Gasteiger partial charge in [0.15, 0.2) is 0 Å². The van der Waals surface area contributed by atoms with Crippen LogP contribution in [0.15, 0.2) is 88.1 Å². The third-order valence-electron chi connectivity index (χ3n) is 4.09. The molecule has 0 aliphatic rings. The number of benzene rings is 3. The first-order valence-corrected chi connectivity index (χ1v) is 9.03. The molecule has 3 aromatic carbocycles. The van der Waals surface area contributed by atoms with Gasteiger partial charge in [0.05, 0.1) is 0 Å². The maximum absolute atomic E-state index is 13.0. The zero-order chi connectivity index (χ0) is 20.9. The Bertz CT molecular complexity index is 1220. The Kier molecular flexibility index (Phi) is 5.38. The summed E-state index contributed by atoms with van der Waals surface area (Å²) in [4.78, 5) is 24.3. The van der Waals surface area contributed by atoms with Crippen LogP contribution in [0.25, 0.3) is 11.5 Å². The van der Waals surface area contributed by atoms with Crippen LogP contribution in [0.4, 0.5) is 10.1 Å². The molecule has 0 saturated carbocycles. The second kappa shape index (κ2) is 8.44. The minimum absolute atomic E-state index is 0.00561. The number of nitrogens with zero attached hydrogens (tertiary/aromatic N) is 2. The highest BCUT2D eigenvalue weighted by atomic mass is 19.1. The minimum atomic E-state index is -0.786. The van der Waals surface area contributed by atoms with E-state index in [4.69, 9.17) is 9.15 Å². The molecule has 1 amide bonds. The van der Waals surface area contributed by atoms with E-state index in [-0.39, 0.29) is 12.4 Å². The number of hydrogen-bond acceptors (Lipinski definition) is 5. The second-order valence-electron chi connectivity index (χ2n) is 6.33. The molecule has 8 heteroatoms. The third kappa shape index (κ3) is 4.61. The largest absolute Gasteiger partial charge is 0.457 e. The van der Waals surface area contributed by atoms with Gasteiger partial charge in [0.2, 0.25) is 11.8 Å². The summed E-state index contributed by atoms with van der Waals surface area (Å²) >= 11 is 0. The van der Waals surface area contributed by atoms with Gasteiger partial charge >= 0.3 is 5.76 Å². The van der Waals surface area contributed by atoms with Crippen molar-refractivity contribution in [2.75, 3.05) is 5.32 Å². The molecule has 0 spiro atoms. The van der Waals surface area contributed by atoms with E-state index < -0.39 is 17.5 Å². The molecule has 4 aromatic rings. The van der Waals surface area contributed by atoms with Gasteiger partial charge in [-0.05, 0) is 48.5 Å². The number of hydrogen-bond donors (Lipinski definition) is 1. The molecule has 0 bridgehead atoms. The van der Waals surface area contributed by atoms with Crippen molar-refractivity contribution in [3.63, 3.8) is 0 Å². The summed E-state index contributed by atoms with van der Waals surface area (Å²) in [7, 11) is 0. The number of carbonyl (C=O) groups is 1. The molecule has 0 aliphatic carbocycles. The summed E-state index contributed by atoms with van der Waals surface area (Å²) in [6, 6.07) is 21.4. The first-order valence-electron chi connectivity index (χ1n) is 9.03. The number of nitrogens with one attached hydrogen (secondary N) is 1. The molecule has 30 heavy (non-hydrogen) atoms. The van der Waals surface area contributed by atoms with E-state index in [2.05, 4.69) is 10.4 Å². The predicted octanol–water partition coefficient (Wildman–Crippen LogP) is 4.07. The summed E-state index contributed by atoms with van der Waals surface area (Å²) in [6.07, 6.45) is 0. The lowest BCUT2D eigenvalue weighted by atomic mass is 10.2. The number of amides is 1. The molecule has 1 aromatic heterocycles. The number of carbonyl (C=O) groups excluding carboxylic acids is 1. The van der Waals surface area contributed by atoms with Crippen molar-refractivity contribution in [2.24, 2.45) is 0 Å². The Balaban J connectivity index is 1.43. The number of halogens is 1. The molecule has 1 heterocycles. The normalized spacial score (nSPS) is 10.6. The van der Waals surface area contributed by atoms with Crippen molar-refractivity contribution in [1.29, 1.82) is 0 Å². The van der Waals surface area contributed by atoms with Gasteiger partial charge in [0, 0.05) is 17.3 Å². The lowest BCUT2D eigenvalue weighted by molar-refractivity contribution is -0.117. The average Bonchev–Trinajstić information content (AvgIpc) is 3.09. The SMILES string of the molecule is O=C(Cn1nc(-c2ccc(F)cc2)oc1=O)Nc1cccc(Oc2ccccc2)c1. The van der Waals surface area contributed by atoms with E-state index in [1.54, 1.807) is 24.3 Å². The van der Waals surface area contributed by atoms with Crippen molar-refractivity contribution >= 4 is 11.6 Å². The van der Waals surface area contributed by atoms with Crippen LogP contribution in [-0.2, 0) is 11.3 Å². The van der Waals surface area contributed by atoms with E-state index in [1.165, 1.54) is 24.3 Å². The van der Waals surface area contributed by atoms with Gasteiger partial charge in [-0.15, -0.1) is 5.10 Å². The minimum Gasteiger partial charge on any atom is -0.457 e. The smallest absolute Gasteiger partial charge is 0.437 e. The van der Waals surface area contributed by atoms with Gasteiger partial charge in [-0.25, -0.2) is 9.18 Å². The molecule has 0 unspecified atom stereocenters. The van der Waals surface area contributed by atoms with Crippen molar-refractivity contribution < 1.29 is 18.3 Å². The number of ether oxygens (including phenoxy) is 1. The van der Waals surface area contributed by atoms with Crippen molar-refractivity contribution in [3.05, 3.63) is 95.2 Å². The van der Waals surface area contributed by atoms with Gasteiger partial charge in [-0.1, -0.05) is 24.3 Å². The lowest BCUT2D eigenvalue weighted by Crippen LogP contribution is -2.25. The standard InChI is InChI=1S/C22H16FN3O4/c23-16-11-9-15(10-12-16)21-25-26(22(28)30-21)14-20(27)24-17-5-4-8-19(13-17)29-18-6-2-1-3-7-18/h1-13H,14H2,(H,24,27). The zero-order valence-electron chi connectivity index (χ0n) is 15.6. The van der Waals surface area contributed by atoms with Gasteiger partial charge < -0.3 is 14.5 Å². The molecule has 150 valence electrons. The molecule has 4 rings (SSSR count). The Morgan fingerprint density at radius 2 is 1.73 bits per heavy atom. The second-order valence-corrected chi connectivity index (χ2v) is 6.33. The monoisotopic (exact) mass is 405 g/mol. The quantitative estimate of drug-likeness (QED) is 0.523. The van der Waals surface area contributed by atoms with E-state index >= 15 is 0 Å². The van der Waals surface area contributed by atoms with Crippen LogP contribution in [-0.4, -0.2) is 15.7 Å². The first kappa shape index (κ1) is 19.1. The van der Waals surface area contributed by atoms with Crippen LogP contribution in [0, 0.1) is 5.82 Å². The average molecular weight is 405 g/mol. The predicted molar refractivity (Wildman–Crippen MR) is 108 cm³/mol. The fraction of sp³-hybridized carbons (Fsp3) is 0.0455. The van der Waals surface area contributed by atoms with Gasteiger partial charge in [-0.2, -0.15) is 4.68 Å². The van der Waals surface area contributed by atoms with Crippen LogP contribution in [0.1, 0.15) is 0 Å². The highest BCUT2D eigenvalue weighted by Crippen LogP contribution is 2.24. The van der Waals surface area contributed by atoms with Crippen LogP contribution in [0.5, 0.6) is 11.5 Å². The Morgan fingerprint density at radius 3 is 2.50 bits per heavy atom. The molecule has 0 radical (unpaired) electrons. The maximum Gasteiger partial charge on any atom is 0.437 e. The molecule has 0 aliphatic heterocycles. The summed E-state index contributed by atoms with van der Waals surface area (Å²) in [5.41, 5.74) is 0.933. The van der Waals surface area contributed by atoms with Crippen molar-refractivity contribution in [2.45, 2.75) is 6.54 Å². The summed E-state index contributed by atoms with van der Waals surface area (Å²) in [5, 5.41) is 6.68. The topological polar surface area (TPSA) is 86.4 Å². The van der Waals surface area contributed by atoms with Crippen LogP contribution >= 0.6 is 0 Å². The summed E-state index contributed by atoms with van der Waals surface area (Å²) in [6.45, 7) is -0.340. The Morgan fingerprint density at radius 1 is 1.00 bits per heavy atom. The summed E-state index contributed by atoms with van der Waals surface area (Å²) in [5.74, 6) is -0.442. The van der Waals surface area contributed by atoms with Crippen molar-refractivity contribution in [1.82, 2.24) is 9.78 Å². The highest BCUT2D eigenvalue weighted by molar-refractivity contribution is 5.90. The van der Waals surface area contributed by atoms with Crippen LogP contribution < -0.4 is 15.8 Å². The molecule has 7 nitrogen and oxygen atoms in total. The lowest BCUT2D eigenvalue weighted by Gasteiger charge is -2.08. The number of anilines is 1. The fourth-order valence-electron chi connectivity index (χ4n) is 2.71. The van der Waals surface area contributed by atoms with E-state index in [1.807, 2.05) is 30.3 Å². The molecule has 0 fully saturated rings. The Hall–Kier alpha value is -4.20. The molecular weight excluding hydrogens is 389 g/mol. The van der Waals surface area contributed by atoms with Gasteiger partial charge in [-0.3, -0.25) is 4.79 Å². The number of rotatable bonds is 6. The van der Waals surface area contributed by atoms with Crippen molar-refractivity contribution in [3.8, 4) is 23.0 Å². The molecular formula is C22H16FN3O4. The van der Waals surface area contributed by atoms with E-state index in [0.717, 1.165) is 4.68 Å². The Labute approximate surface area is 170 Å². The van der Waals surface area contributed by atoms with E-state index in [9.17, 15) is 14.0 Å². The number of aromatic nitrogens is 2. The third-order valence-corrected chi connectivity index (χ3v) is 4.09. The zero-order valence-corrected chi connectivity index (χ0v) is 15.6. The van der Waals surface area contributed by atoms with Crippen LogP contribution in [0.3, 0.4) is 0 Å². The van der Waals surface area contributed by atoms with Crippen LogP contribution in [0.2, 0.25) is 0 Å². The fourth-order valence-corrected chi connectivity index (χ4v) is 2.71. The van der Waals surface area contributed by atoms with Gasteiger partial charge in [0.1, 0.15) is 23.9 Å². The van der Waals surface area contributed by atoms with E-state index in [0.29, 0.717) is 22.7 Å². The molecule has 0 atom stereocenters. The summed E-state index contributed by atoms with van der Waals surface area (Å²) < 4.78 is 24.7. The molecule has 0 saturated heterocycles. The maximum atomic E-state index is 13.0. The first-order chi connectivity index (χ1) is 14.6. The number of para-hydroxylation sites is 1. The van der Waals surface area contributed by atoms with Gasteiger partial charge in [0.25, 0.3) is 0 Å². The molecule has 1 N–H and O–H groups in total.